The van der Waals surface area contributed by atoms with Crippen LogP contribution in [0.25, 0.3) is 0 Å². The van der Waals surface area contributed by atoms with Gasteiger partial charge in [-0.1, -0.05) is 13.8 Å². The normalized spacial score (nSPS) is 55.2. The molecule has 4 saturated carbocycles. The van der Waals surface area contributed by atoms with Gasteiger partial charge in [0, 0.05) is 18.3 Å². The molecule has 2 N–H and O–H groups in total. The van der Waals surface area contributed by atoms with Crippen LogP contribution in [0.5, 0.6) is 0 Å². The monoisotopic (exact) mass is 348 g/mol. The number of aliphatic hydroxyl groups excluding tert-OH is 1. The first-order valence-electron chi connectivity index (χ1n) is 10.1. The Morgan fingerprint density at radius 2 is 1.88 bits per heavy atom. The van der Waals surface area contributed by atoms with Gasteiger partial charge in [0.1, 0.15) is 11.4 Å². The van der Waals surface area contributed by atoms with Crippen LogP contribution >= 0.6 is 0 Å². The molecule has 8 atom stereocenters. The van der Waals surface area contributed by atoms with Crippen LogP contribution in [-0.4, -0.2) is 33.5 Å². The summed E-state index contributed by atoms with van der Waals surface area (Å²) < 4.78 is 0. The molecule has 4 heteroatoms. The number of hydrogen-bond donors (Lipinski definition) is 2. The fraction of sp³-hybridized carbons (Fsp3) is 0.905. The van der Waals surface area contributed by atoms with Crippen molar-refractivity contribution in [2.45, 2.75) is 83.8 Å². The Morgan fingerprint density at radius 3 is 2.56 bits per heavy atom. The summed E-state index contributed by atoms with van der Waals surface area (Å²) in [5, 5.41) is 22.4. The average Bonchev–Trinajstić information content (AvgIpc) is 2.80. The lowest BCUT2D eigenvalue weighted by Gasteiger charge is -2.62. The minimum absolute atomic E-state index is 0.0223. The van der Waals surface area contributed by atoms with Gasteiger partial charge in [0.25, 0.3) is 0 Å². The zero-order valence-corrected chi connectivity index (χ0v) is 15.8. The number of rotatable bonds is 1. The maximum atomic E-state index is 12.3. The summed E-state index contributed by atoms with van der Waals surface area (Å²) in [7, 11) is 0. The Kier molecular flexibility index (Phi) is 3.81. The highest BCUT2D eigenvalue weighted by molar-refractivity contribution is 5.86. The van der Waals surface area contributed by atoms with Crippen molar-refractivity contribution in [3.8, 4) is 0 Å². The lowest BCUT2D eigenvalue weighted by atomic mass is 9.43. The van der Waals surface area contributed by atoms with E-state index in [1.807, 2.05) is 6.92 Å². The van der Waals surface area contributed by atoms with E-state index in [0.717, 1.165) is 25.7 Å². The van der Waals surface area contributed by atoms with E-state index in [1.165, 1.54) is 6.92 Å². The number of carbonyl (C=O) groups excluding carboxylic acids is 2. The molecule has 0 heterocycles. The summed E-state index contributed by atoms with van der Waals surface area (Å²) in [5.74, 6) is 1.48. The van der Waals surface area contributed by atoms with Gasteiger partial charge in [-0.15, -0.1) is 0 Å². The molecule has 0 spiro atoms. The summed E-state index contributed by atoms with van der Waals surface area (Å²) >= 11 is 0. The number of hydrogen-bond acceptors (Lipinski definition) is 4. The molecule has 0 aliphatic heterocycles. The molecule has 25 heavy (non-hydrogen) atoms. The highest BCUT2D eigenvalue weighted by Gasteiger charge is 2.68. The Bertz CT molecular complexity index is 615. The molecule has 140 valence electrons. The second kappa shape index (κ2) is 5.39. The standard InChI is InChI=1S/C21H32O4/c1-12(22)21(25)9-7-16-15-5-4-13-10-14(23)6-8-19(13,2)18(15)17(24)11-20(16,21)3/h13,15-18,24-25H,4-11H2,1-3H3/t13-,15?,16?,17?,18?,19+,20+,21+/m1/s1. The van der Waals surface area contributed by atoms with Crippen molar-refractivity contribution in [2.24, 2.45) is 34.5 Å². The van der Waals surface area contributed by atoms with Crippen molar-refractivity contribution in [1.82, 2.24) is 0 Å². The third-order valence-corrected chi connectivity index (χ3v) is 9.15. The van der Waals surface area contributed by atoms with E-state index in [1.54, 1.807) is 0 Å². The van der Waals surface area contributed by atoms with Crippen molar-refractivity contribution < 1.29 is 19.8 Å². The third-order valence-electron chi connectivity index (χ3n) is 9.15. The van der Waals surface area contributed by atoms with E-state index in [0.29, 0.717) is 49.2 Å². The predicted octanol–water partition coefficient (Wildman–Crippen LogP) is 2.89. The lowest BCUT2D eigenvalue weighted by Crippen LogP contribution is -2.62. The van der Waals surface area contributed by atoms with Crippen LogP contribution in [0.1, 0.15) is 72.1 Å². The molecule has 4 fully saturated rings. The largest absolute Gasteiger partial charge is 0.393 e. The van der Waals surface area contributed by atoms with E-state index in [4.69, 9.17) is 0 Å². The first-order chi connectivity index (χ1) is 11.6. The zero-order valence-electron chi connectivity index (χ0n) is 15.8. The lowest BCUT2D eigenvalue weighted by molar-refractivity contribution is -0.197. The van der Waals surface area contributed by atoms with E-state index in [2.05, 4.69) is 6.92 Å². The Morgan fingerprint density at radius 1 is 1.16 bits per heavy atom. The molecule has 0 aromatic carbocycles. The fourth-order valence-corrected chi connectivity index (χ4v) is 7.75. The van der Waals surface area contributed by atoms with Gasteiger partial charge < -0.3 is 10.2 Å². The van der Waals surface area contributed by atoms with Crippen LogP contribution < -0.4 is 0 Å². The molecule has 0 amide bonds. The predicted molar refractivity (Wildman–Crippen MR) is 93.8 cm³/mol. The van der Waals surface area contributed by atoms with Gasteiger partial charge in [0.2, 0.25) is 0 Å². The molecule has 4 rings (SSSR count). The topological polar surface area (TPSA) is 74.6 Å². The van der Waals surface area contributed by atoms with E-state index < -0.39 is 17.1 Å². The van der Waals surface area contributed by atoms with Gasteiger partial charge in [-0.3, -0.25) is 9.59 Å². The first kappa shape index (κ1) is 17.7. The molecule has 0 aromatic heterocycles. The van der Waals surface area contributed by atoms with Crippen molar-refractivity contribution >= 4 is 11.6 Å². The number of aliphatic hydroxyl groups is 2. The van der Waals surface area contributed by atoms with Gasteiger partial charge in [-0.05, 0) is 74.5 Å². The minimum atomic E-state index is -1.29. The Balaban J connectivity index is 1.71. The summed E-state index contributed by atoms with van der Waals surface area (Å²) in [6.45, 7) is 5.82. The van der Waals surface area contributed by atoms with Crippen LogP contribution in [0.15, 0.2) is 0 Å². The van der Waals surface area contributed by atoms with Crippen LogP contribution in [0.2, 0.25) is 0 Å². The first-order valence-corrected chi connectivity index (χ1v) is 10.1. The second-order valence-corrected chi connectivity index (χ2v) is 9.96. The SMILES string of the molecule is CC(=O)[C@@]1(O)CCC2C3CC[C@@H]4CC(=O)CC[C@]4(C)C3C(O)C[C@@]21C. The molecular weight excluding hydrogens is 316 g/mol. The zero-order chi connectivity index (χ0) is 18.2. The molecule has 4 aliphatic rings. The summed E-state index contributed by atoms with van der Waals surface area (Å²) in [5.41, 5.74) is -1.79. The smallest absolute Gasteiger partial charge is 0.161 e. The third kappa shape index (κ3) is 2.13. The number of ketones is 2. The number of carbonyl (C=O) groups is 2. The van der Waals surface area contributed by atoms with Crippen LogP contribution in [0, 0.1) is 34.5 Å². The van der Waals surface area contributed by atoms with Crippen molar-refractivity contribution in [3.63, 3.8) is 0 Å². The molecule has 4 aliphatic carbocycles. The van der Waals surface area contributed by atoms with Crippen molar-refractivity contribution in [3.05, 3.63) is 0 Å². The molecule has 4 nitrogen and oxygen atoms in total. The summed E-state index contributed by atoms with van der Waals surface area (Å²) in [4.78, 5) is 24.2. The summed E-state index contributed by atoms with van der Waals surface area (Å²) in [6.07, 6.45) is 5.67. The summed E-state index contributed by atoms with van der Waals surface area (Å²) in [6, 6.07) is 0. The quantitative estimate of drug-likeness (QED) is 0.764. The van der Waals surface area contributed by atoms with E-state index in [-0.39, 0.29) is 17.1 Å². The van der Waals surface area contributed by atoms with Crippen LogP contribution in [-0.2, 0) is 9.59 Å². The van der Waals surface area contributed by atoms with E-state index >= 15 is 0 Å². The van der Waals surface area contributed by atoms with Crippen LogP contribution in [0.4, 0.5) is 0 Å². The van der Waals surface area contributed by atoms with Gasteiger partial charge in [-0.2, -0.15) is 0 Å². The average molecular weight is 348 g/mol. The number of fused-ring (bicyclic) bond motifs is 5. The van der Waals surface area contributed by atoms with Gasteiger partial charge in [-0.25, -0.2) is 0 Å². The minimum Gasteiger partial charge on any atom is -0.393 e. The Labute approximate surface area is 150 Å². The molecular formula is C21H32O4. The second-order valence-electron chi connectivity index (χ2n) is 9.96. The fourth-order valence-electron chi connectivity index (χ4n) is 7.75. The molecule has 0 saturated heterocycles. The molecule has 4 unspecified atom stereocenters. The highest BCUT2D eigenvalue weighted by atomic mass is 16.3. The Hall–Kier alpha value is -0.740. The maximum Gasteiger partial charge on any atom is 0.161 e. The van der Waals surface area contributed by atoms with Gasteiger partial charge in [0.05, 0.1) is 6.10 Å². The van der Waals surface area contributed by atoms with Crippen molar-refractivity contribution in [1.29, 1.82) is 0 Å². The van der Waals surface area contributed by atoms with Crippen LogP contribution in [0.3, 0.4) is 0 Å². The molecule has 0 aromatic rings. The van der Waals surface area contributed by atoms with Crippen molar-refractivity contribution in [2.75, 3.05) is 0 Å². The number of Topliss-reactive ketones (excluding diaryl/α,β-unsaturated/α-hetero) is 2. The highest BCUT2D eigenvalue weighted by Crippen LogP contribution is 2.68. The molecule has 0 bridgehead atoms. The molecule has 0 radical (unpaired) electrons. The van der Waals surface area contributed by atoms with Gasteiger partial charge >= 0.3 is 0 Å². The van der Waals surface area contributed by atoms with Gasteiger partial charge in [0.15, 0.2) is 5.78 Å². The van der Waals surface area contributed by atoms with E-state index in [9.17, 15) is 19.8 Å². The maximum absolute atomic E-state index is 12.3.